The van der Waals surface area contributed by atoms with E-state index in [0.29, 0.717) is 28.3 Å². The number of halogens is 5. The second-order valence-corrected chi connectivity index (χ2v) is 7.52. The normalized spacial score (nSPS) is 12.9. The first-order chi connectivity index (χ1) is 14.9. The van der Waals surface area contributed by atoms with Gasteiger partial charge in [0.2, 0.25) is 5.91 Å². The summed E-state index contributed by atoms with van der Waals surface area (Å²) >= 11 is 0. The Kier molecular flexibility index (Phi) is 6.38. The molecule has 1 unspecified atom stereocenters. The molecule has 0 aliphatic rings. The molecule has 1 amide bonds. The third-order valence-electron chi connectivity index (χ3n) is 5.13. The fourth-order valence-electron chi connectivity index (χ4n) is 3.40. The van der Waals surface area contributed by atoms with Gasteiger partial charge in [-0.25, -0.2) is 8.78 Å². The average Bonchev–Trinajstić information content (AvgIpc) is 3.22. The molecule has 0 aliphatic carbocycles. The summed E-state index contributed by atoms with van der Waals surface area (Å²) in [6, 6.07) is 5.29. The van der Waals surface area contributed by atoms with Crippen LogP contribution in [0, 0.1) is 20.8 Å². The van der Waals surface area contributed by atoms with Crippen molar-refractivity contribution in [2.45, 2.75) is 52.9 Å². The molecule has 0 saturated heterocycles. The maximum atomic E-state index is 13.0. The molecular weight excluding hydrogens is 433 g/mol. The van der Waals surface area contributed by atoms with Gasteiger partial charge in [0.1, 0.15) is 11.7 Å². The van der Waals surface area contributed by atoms with E-state index in [2.05, 4.69) is 15.5 Å². The molecule has 0 saturated carbocycles. The third-order valence-corrected chi connectivity index (χ3v) is 5.13. The molecule has 2 heterocycles. The lowest BCUT2D eigenvalue weighted by Crippen LogP contribution is -2.25. The van der Waals surface area contributed by atoms with Gasteiger partial charge in [-0.1, -0.05) is 12.1 Å². The Balaban J connectivity index is 1.80. The zero-order valence-electron chi connectivity index (χ0n) is 17.8. The second-order valence-electron chi connectivity index (χ2n) is 7.52. The second kappa shape index (κ2) is 8.71. The topological polar surface area (TPSA) is 64.7 Å². The number of benzene rings is 1. The molecule has 2 aromatic heterocycles. The third kappa shape index (κ3) is 4.81. The maximum absolute atomic E-state index is 13.0. The molecule has 3 aromatic rings. The number of amides is 1. The summed E-state index contributed by atoms with van der Waals surface area (Å²) in [6.45, 7) is 6.53. The quantitative estimate of drug-likeness (QED) is 0.519. The highest BCUT2D eigenvalue weighted by molar-refractivity contribution is 5.94. The van der Waals surface area contributed by atoms with Crippen LogP contribution in [-0.4, -0.2) is 25.5 Å². The van der Waals surface area contributed by atoms with E-state index in [0.717, 1.165) is 12.1 Å². The van der Waals surface area contributed by atoms with E-state index < -0.39 is 35.8 Å². The highest BCUT2D eigenvalue weighted by Crippen LogP contribution is 2.30. The Morgan fingerprint density at radius 2 is 1.81 bits per heavy atom. The van der Waals surface area contributed by atoms with Gasteiger partial charge in [0.05, 0.1) is 29.2 Å². The molecule has 172 valence electrons. The molecule has 3 rings (SSSR count). The van der Waals surface area contributed by atoms with Crippen molar-refractivity contribution < 1.29 is 26.7 Å². The van der Waals surface area contributed by atoms with Gasteiger partial charge >= 0.3 is 6.18 Å². The van der Waals surface area contributed by atoms with Crippen molar-refractivity contribution >= 4 is 11.6 Å². The van der Waals surface area contributed by atoms with Gasteiger partial charge in [-0.15, -0.1) is 0 Å². The minimum absolute atomic E-state index is 0.0814. The van der Waals surface area contributed by atoms with Crippen LogP contribution in [0.2, 0.25) is 0 Å². The highest BCUT2D eigenvalue weighted by atomic mass is 19.4. The van der Waals surface area contributed by atoms with Gasteiger partial charge in [-0.3, -0.25) is 14.2 Å². The molecule has 0 aliphatic heterocycles. The van der Waals surface area contributed by atoms with Crippen LogP contribution < -0.4 is 5.32 Å². The molecule has 0 radical (unpaired) electrons. The lowest BCUT2D eigenvalue weighted by atomic mass is 10.1. The minimum atomic E-state index is -4.45. The number of nitrogens with zero attached hydrogens (tertiary/aromatic N) is 4. The summed E-state index contributed by atoms with van der Waals surface area (Å²) in [5.41, 5.74) is 1.08. The van der Waals surface area contributed by atoms with Crippen molar-refractivity contribution in [3.8, 4) is 0 Å². The fourth-order valence-corrected chi connectivity index (χ4v) is 3.40. The van der Waals surface area contributed by atoms with Crippen LogP contribution in [0.5, 0.6) is 0 Å². The first-order valence-electron chi connectivity index (χ1n) is 9.73. The molecule has 0 fully saturated rings. The van der Waals surface area contributed by atoms with Crippen molar-refractivity contribution in [2.24, 2.45) is 0 Å². The van der Waals surface area contributed by atoms with Crippen LogP contribution in [0.15, 0.2) is 30.3 Å². The molecule has 0 spiro atoms. The van der Waals surface area contributed by atoms with Gasteiger partial charge in [-0.05, 0) is 51.5 Å². The van der Waals surface area contributed by atoms with Gasteiger partial charge in [0.15, 0.2) is 0 Å². The SMILES string of the molecule is Cc1nn(Cc2cccc(C(F)(F)F)c2)c(C)c1NC(=O)C(C)n1nc(C(F)F)cc1C. The Labute approximate surface area is 181 Å². The smallest absolute Gasteiger partial charge is 0.321 e. The van der Waals surface area contributed by atoms with Gasteiger partial charge in [0.25, 0.3) is 6.43 Å². The predicted molar refractivity (Wildman–Crippen MR) is 108 cm³/mol. The molecule has 32 heavy (non-hydrogen) atoms. The molecule has 11 heteroatoms. The van der Waals surface area contributed by atoms with Crippen molar-refractivity contribution in [3.05, 3.63) is 64.2 Å². The van der Waals surface area contributed by atoms with Gasteiger partial charge in [-0.2, -0.15) is 23.4 Å². The molecule has 6 nitrogen and oxygen atoms in total. The Bertz CT molecular complexity index is 1130. The number of hydrogen-bond donors (Lipinski definition) is 1. The van der Waals surface area contributed by atoms with Crippen LogP contribution in [0.25, 0.3) is 0 Å². The summed E-state index contributed by atoms with van der Waals surface area (Å²) in [5, 5.41) is 10.9. The van der Waals surface area contributed by atoms with Gasteiger partial charge in [0, 0.05) is 5.69 Å². The lowest BCUT2D eigenvalue weighted by Gasteiger charge is -2.15. The average molecular weight is 455 g/mol. The van der Waals surface area contributed by atoms with E-state index in [1.807, 2.05) is 0 Å². The zero-order chi connectivity index (χ0) is 23.8. The lowest BCUT2D eigenvalue weighted by molar-refractivity contribution is -0.137. The van der Waals surface area contributed by atoms with Crippen LogP contribution in [0.1, 0.15) is 53.3 Å². The minimum Gasteiger partial charge on any atom is -0.321 e. The number of aryl methyl sites for hydroxylation is 2. The van der Waals surface area contributed by atoms with Crippen molar-refractivity contribution in [1.29, 1.82) is 0 Å². The first-order valence-corrected chi connectivity index (χ1v) is 9.73. The van der Waals surface area contributed by atoms with Crippen molar-refractivity contribution in [2.75, 3.05) is 5.32 Å². The first kappa shape index (κ1) is 23.4. The van der Waals surface area contributed by atoms with Crippen LogP contribution in [-0.2, 0) is 17.5 Å². The number of nitrogens with one attached hydrogen (secondary N) is 1. The van der Waals surface area contributed by atoms with Crippen molar-refractivity contribution in [1.82, 2.24) is 19.6 Å². The van der Waals surface area contributed by atoms with E-state index in [4.69, 9.17) is 0 Å². The Morgan fingerprint density at radius 3 is 2.41 bits per heavy atom. The summed E-state index contributed by atoms with van der Waals surface area (Å²) in [5.74, 6) is -0.484. The summed E-state index contributed by atoms with van der Waals surface area (Å²) in [4.78, 5) is 12.7. The number of alkyl halides is 5. The zero-order valence-corrected chi connectivity index (χ0v) is 17.8. The van der Waals surface area contributed by atoms with Crippen molar-refractivity contribution in [3.63, 3.8) is 0 Å². The summed E-state index contributed by atoms with van der Waals surface area (Å²) in [6.07, 6.45) is -7.20. The summed E-state index contributed by atoms with van der Waals surface area (Å²) < 4.78 is 67.4. The number of aromatic nitrogens is 4. The van der Waals surface area contributed by atoms with E-state index in [9.17, 15) is 26.7 Å². The Morgan fingerprint density at radius 1 is 1.12 bits per heavy atom. The number of hydrogen-bond acceptors (Lipinski definition) is 3. The molecule has 0 bridgehead atoms. The number of anilines is 1. The number of carbonyl (C=O) groups is 1. The summed E-state index contributed by atoms with van der Waals surface area (Å²) in [7, 11) is 0. The van der Waals surface area contributed by atoms with Crippen LogP contribution in [0.3, 0.4) is 0 Å². The molecule has 1 aromatic carbocycles. The number of rotatable bonds is 6. The monoisotopic (exact) mass is 455 g/mol. The van der Waals surface area contributed by atoms with E-state index in [1.165, 1.54) is 28.4 Å². The van der Waals surface area contributed by atoms with E-state index in [1.54, 1.807) is 26.8 Å². The van der Waals surface area contributed by atoms with Crippen LogP contribution in [0.4, 0.5) is 27.6 Å². The Hall–Kier alpha value is -3.24. The largest absolute Gasteiger partial charge is 0.416 e. The predicted octanol–water partition coefficient (Wildman–Crippen LogP) is 5.21. The van der Waals surface area contributed by atoms with Crippen LogP contribution >= 0.6 is 0 Å². The van der Waals surface area contributed by atoms with E-state index >= 15 is 0 Å². The van der Waals surface area contributed by atoms with E-state index in [-0.39, 0.29) is 6.54 Å². The maximum Gasteiger partial charge on any atom is 0.416 e. The molecule has 1 atom stereocenters. The highest BCUT2D eigenvalue weighted by Gasteiger charge is 2.30. The fraction of sp³-hybridized carbons (Fsp3) is 0.381. The molecule has 1 N–H and O–H groups in total. The molecular formula is C21H22F5N5O. The standard InChI is InChI=1S/C21H22F5N5O/c1-11-8-17(19(22)23)29-31(11)14(4)20(32)27-18-12(2)28-30(13(18)3)10-15-6-5-7-16(9-15)21(24,25)26/h5-9,14,19H,10H2,1-4H3,(H,27,32). The number of carbonyl (C=O) groups excluding carboxylic acids is 1. The van der Waals surface area contributed by atoms with Gasteiger partial charge < -0.3 is 5.32 Å².